The molecule has 0 saturated heterocycles. The average Bonchev–Trinajstić information content (AvgIpc) is 2.33. The number of hydrogen-bond donors (Lipinski definition) is 2. The maximum Gasteiger partial charge on any atom is 0.249 e. The quantitative estimate of drug-likeness (QED) is 0.846. The summed E-state index contributed by atoms with van der Waals surface area (Å²) in [7, 11) is 0. The summed E-state index contributed by atoms with van der Waals surface area (Å²) in [4.78, 5) is 16.1. The van der Waals surface area contributed by atoms with Gasteiger partial charge in [0, 0.05) is 16.8 Å². The van der Waals surface area contributed by atoms with Crippen molar-refractivity contribution in [2.75, 3.05) is 5.73 Å². The molecule has 2 rings (SSSR count). The van der Waals surface area contributed by atoms with E-state index in [1.54, 1.807) is 12.3 Å². The number of carbonyl (C=O) groups excluding carboxylic acids is 1. The van der Waals surface area contributed by atoms with E-state index in [0.717, 1.165) is 5.03 Å². The van der Waals surface area contributed by atoms with Crippen LogP contribution in [0.5, 0.6) is 0 Å². The molecule has 1 heterocycles. The lowest BCUT2D eigenvalue weighted by molar-refractivity contribution is 0.0997. The number of amides is 1. The molecule has 0 aliphatic carbocycles. The molecule has 1 aromatic heterocycles. The van der Waals surface area contributed by atoms with Crippen LogP contribution >= 0.6 is 23.4 Å². The number of nitrogens with zero attached hydrogens (tertiary/aromatic N) is 1. The number of halogens is 1. The lowest BCUT2D eigenvalue weighted by Gasteiger charge is -2.09. The first-order valence-corrected chi connectivity index (χ1v) is 6.25. The van der Waals surface area contributed by atoms with Gasteiger partial charge in [-0.25, -0.2) is 4.98 Å². The van der Waals surface area contributed by atoms with Crippen molar-refractivity contribution in [3.63, 3.8) is 0 Å². The van der Waals surface area contributed by atoms with Crippen LogP contribution in [0.15, 0.2) is 46.5 Å². The molecule has 1 amide bonds. The van der Waals surface area contributed by atoms with E-state index in [1.807, 2.05) is 18.2 Å². The molecule has 0 spiro atoms. The SMILES string of the molecule is NC(=O)c1cc(N)cc(Cl)c1Sc1ccccn1. The van der Waals surface area contributed by atoms with Gasteiger partial charge < -0.3 is 11.5 Å². The highest BCUT2D eigenvalue weighted by atomic mass is 35.5. The van der Waals surface area contributed by atoms with Crippen LogP contribution in [-0.2, 0) is 0 Å². The van der Waals surface area contributed by atoms with Crippen molar-refractivity contribution in [1.29, 1.82) is 0 Å². The number of anilines is 1. The van der Waals surface area contributed by atoms with Gasteiger partial charge in [0.2, 0.25) is 5.91 Å². The molecule has 2 aromatic rings. The highest BCUT2D eigenvalue weighted by molar-refractivity contribution is 7.99. The first-order chi connectivity index (χ1) is 8.58. The monoisotopic (exact) mass is 279 g/mol. The maximum absolute atomic E-state index is 11.4. The third-order valence-electron chi connectivity index (χ3n) is 2.18. The third-order valence-corrected chi connectivity index (χ3v) is 3.68. The summed E-state index contributed by atoms with van der Waals surface area (Å²) in [5, 5.41) is 1.12. The van der Waals surface area contributed by atoms with Crippen LogP contribution in [0.1, 0.15) is 10.4 Å². The number of hydrogen-bond acceptors (Lipinski definition) is 4. The van der Waals surface area contributed by atoms with Gasteiger partial charge in [-0.1, -0.05) is 29.4 Å². The summed E-state index contributed by atoms with van der Waals surface area (Å²) >= 11 is 7.37. The Kier molecular flexibility index (Phi) is 3.74. The van der Waals surface area contributed by atoms with E-state index in [-0.39, 0.29) is 0 Å². The summed E-state index contributed by atoms with van der Waals surface area (Å²) in [6, 6.07) is 8.58. The Labute approximate surface area is 113 Å². The minimum atomic E-state index is -0.567. The molecule has 4 nitrogen and oxygen atoms in total. The van der Waals surface area contributed by atoms with Gasteiger partial charge in [0.15, 0.2) is 0 Å². The van der Waals surface area contributed by atoms with Gasteiger partial charge >= 0.3 is 0 Å². The van der Waals surface area contributed by atoms with E-state index in [0.29, 0.717) is 21.2 Å². The molecular formula is C12H10ClN3OS. The van der Waals surface area contributed by atoms with Crippen molar-refractivity contribution in [2.24, 2.45) is 5.73 Å². The first-order valence-electron chi connectivity index (χ1n) is 5.05. The van der Waals surface area contributed by atoms with Crippen LogP contribution < -0.4 is 11.5 Å². The molecule has 6 heteroatoms. The Morgan fingerprint density at radius 1 is 1.33 bits per heavy atom. The highest BCUT2D eigenvalue weighted by Gasteiger charge is 2.15. The van der Waals surface area contributed by atoms with Crippen LogP contribution in [0.4, 0.5) is 5.69 Å². The lowest BCUT2D eigenvalue weighted by atomic mass is 10.2. The molecule has 0 unspecified atom stereocenters. The standard InChI is InChI=1S/C12H10ClN3OS/c13-9-6-7(14)5-8(12(15)17)11(9)18-10-3-1-2-4-16-10/h1-6H,14H2,(H2,15,17). The molecule has 18 heavy (non-hydrogen) atoms. The van der Waals surface area contributed by atoms with Crippen molar-refractivity contribution >= 4 is 35.0 Å². The van der Waals surface area contributed by atoms with Crippen molar-refractivity contribution in [1.82, 2.24) is 4.98 Å². The van der Waals surface area contributed by atoms with E-state index in [4.69, 9.17) is 23.1 Å². The third kappa shape index (κ3) is 2.75. The van der Waals surface area contributed by atoms with Gasteiger partial charge in [0.05, 0.1) is 10.6 Å². The summed E-state index contributed by atoms with van der Waals surface area (Å²) in [5.74, 6) is -0.567. The number of rotatable bonds is 3. The van der Waals surface area contributed by atoms with Crippen LogP contribution in [0.3, 0.4) is 0 Å². The van der Waals surface area contributed by atoms with Gasteiger partial charge in [-0.2, -0.15) is 0 Å². The second-order valence-corrected chi connectivity index (χ2v) is 4.95. The van der Waals surface area contributed by atoms with Crippen molar-refractivity contribution in [3.05, 3.63) is 47.1 Å². The number of primary amides is 1. The topological polar surface area (TPSA) is 82.0 Å². The Morgan fingerprint density at radius 2 is 2.11 bits per heavy atom. The smallest absolute Gasteiger partial charge is 0.249 e. The van der Waals surface area contributed by atoms with Gasteiger partial charge in [0.1, 0.15) is 5.03 Å². The fourth-order valence-corrected chi connectivity index (χ4v) is 2.65. The van der Waals surface area contributed by atoms with Crippen LogP contribution in [-0.4, -0.2) is 10.9 Å². The number of nitrogens with two attached hydrogens (primary N) is 2. The second kappa shape index (κ2) is 5.29. The molecule has 0 bridgehead atoms. The van der Waals surface area contributed by atoms with E-state index >= 15 is 0 Å². The Bertz CT molecular complexity index is 589. The number of aromatic nitrogens is 1. The summed E-state index contributed by atoms with van der Waals surface area (Å²) < 4.78 is 0. The maximum atomic E-state index is 11.4. The van der Waals surface area contributed by atoms with E-state index < -0.39 is 5.91 Å². The molecule has 92 valence electrons. The van der Waals surface area contributed by atoms with Gasteiger partial charge in [0.25, 0.3) is 0 Å². The lowest BCUT2D eigenvalue weighted by Crippen LogP contribution is -2.13. The van der Waals surface area contributed by atoms with Crippen molar-refractivity contribution in [2.45, 2.75) is 9.92 Å². The molecule has 0 atom stereocenters. The Morgan fingerprint density at radius 3 is 2.72 bits per heavy atom. The summed E-state index contributed by atoms with van der Waals surface area (Å²) in [5.41, 5.74) is 11.7. The van der Waals surface area contributed by atoms with E-state index in [1.165, 1.54) is 17.8 Å². The zero-order valence-electron chi connectivity index (χ0n) is 9.26. The number of carbonyl (C=O) groups is 1. The average molecular weight is 280 g/mol. The van der Waals surface area contributed by atoms with Crippen LogP contribution in [0.25, 0.3) is 0 Å². The number of benzene rings is 1. The molecule has 0 saturated carbocycles. The minimum absolute atomic E-state index is 0.302. The minimum Gasteiger partial charge on any atom is -0.399 e. The van der Waals surface area contributed by atoms with E-state index in [2.05, 4.69) is 4.98 Å². The predicted octanol–water partition coefficient (Wildman–Crippen LogP) is 2.57. The molecule has 4 N–H and O–H groups in total. The fraction of sp³-hybridized carbons (Fsp3) is 0. The summed E-state index contributed by atoms with van der Waals surface area (Å²) in [6.45, 7) is 0. The number of pyridine rings is 1. The second-order valence-electron chi connectivity index (χ2n) is 3.51. The molecule has 0 fully saturated rings. The molecule has 1 aromatic carbocycles. The Balaban J connectivity index is 2.47. The zero-order valence-corrected chi connectivity index (χ0v) is 10.8. The fourth-order valence-electron chi connectivity index (χ4n) is 1.41. The molecule has 0 radical (unpaired) electrons. The summed E-state index contributed by atoms with van der Waals surface area (Å²) in [6.07, 6.45) is 1.66. The van der Waals surface area contributed by atoms with Crippen LogP contribution in [0.2, 0.25) is 5.02 Å². The highest BCUT2D eigenvalue weighted by Crippen LogP contribution is 2.36. The Hall–Kier alpha value is -1.72. The zero-order chi connectivity index (χ0) is 13.1. The predicted molar refractivity (Wildman–Crippen MR) is 72.7 cm³/mol. The number of nitrogen functional groups attached to an aromatic ring is 1. The molecule has 0 aliphatic rings. The van der Waals surface area contributed by atoms with E-state index in [9.17, 15) is 4.79 Å². The molecular weight excluding hydrogens is 270 g/mol. The van der Waals surface area contributed by atoms with Crippen molar-refractivity contribution < 1.29 is 4.79 Å². The molecule has 0 aliphatic heterocycles. The van der Waals surface area contributed by atoms with Gasteiger partial charge in [-0.15, -0.1) is 0 Å². The van der Waals surface area contributed by atoms with Crippen LogP contribution in [0, 0.1) is 0 Å². The van der Waals surface area contributed by atoms with Crippen molar-refractivity contribution in [3.8, 4) is 0 Å². The first kappa shape index (κ1) is 12.7. The largest absolute Gasteiger partial charge is 0.399 e. The van der Waals surface area contributed by atoms with Gasteiger partial charge in [-0.3, -0.25) is 4.79 Å². The van der Waals surface area contributed by atoms with Gasteiger partial charge in [-0.05, 0) is 24.3 Å². The normalized spacial score (nSPS) is 10.3.